The Balaban J connectivity index is 1.89. The number of ketones is 1. The molecule has 0 bridgehead atoms. The molecule has 0 aromatic heterocycles. The number of rotatable bonds is 2. The molecule has 0 saturated carbocycles. The highest BCUT2D eigenvalue weighted by molar-refractivity contribution is 6.07. The Hall–Kier alpha value is -2.75. The van der Waals surface area contributed by atoms with Crippen LogP contribution in [-0.4, -0.2) is 11.7 Å². The highest BCUT2D eigenvalue weighted by Gasteiger charge is 2.44. The van der Waals surface area contributed by atoms with Crippen LogP contribution in [-0.2, 0) is 9.59 Å². The third kappa shape index (κ3) is 3.20. The highest BCUT2D eigenvalue weighted by atomic mass is 19.1. The first kappa shape index (κ1) is 17.7. The lowest BCUT2D eigenvalue weighted by Gasteiger charge is -2.43. The maximum atomic E-state index is 13.4. The molecule has 138 valence electrons. The summed E-state index contributed by atoms with van der Waals surface area (Å²) in [4.78, 5) is 27.9. The van der Waals surface area contributed by atoms with Gasteiger partial charge in [-0.05, 0) is 41.7 Å². The third-order valence-electron chi connectivity index (χ3n) is 5.43. The summed E-state index contributed by atoms with van der Waals surface area (Å²) >= 11 is 0. The van der Waals surface area contributed by atoms with Crippen LogP contribution in [0.15, 0.2) is 65.9 Å². The second-order valence-electron chi connectivity index (χ2n) is 8.17. The zero-order valence-corrected chi connectivity index (χ0v) is 15.5. The summed E-state index contributed by atoms with van der Waals surface area (Å²) in [5.41, 5.74) is 2.90. The van der Waals surface area contributed by atoms with Crippen molar-refractivity contribution in [2.45, 2.75) is 39.0 Å². The molecule has 2 aromatic rings. The van der Waals surface area contributed by atoms with E-state index in [1.807, 2.05) is 44.2 Å². The van der Waals surface area contributed by atoms with E-state index in [-0.39, 0.29) is 35.3 Å². The lowest BCUT2D eigenvalue weighted by molar-refractivity contribution is -0.121. The van der Waals surface area contributed by atoms with E-state index >= 15 is 0 Å². The van der Waals surface area contributed by atoms with E-state index in [1.54, 1.807) is 17.0 Å². The van der Waals surface area contributed by atoms with E-state index in [4.69, 9.17) is 0 Å². The van der Waals surface area contributed by atoms with Crippen LogP contribution in [0.25, 0.3) is 0 Å². The zero-order chi connectivity index (χ0) is 19.2. The standard InChI is InChI=1S/C23H22FNO2/c1-23(2)13-19-22(20(26)14-23)18(15-6-4-3-5-7-15)12-21(27)25(19)17-10-8-16(24)9-11-17/h3-11,18H,12-14H2,1-2H3/t18-/m1/s1. The first-order valence-corrected chi connectivity index (χ1v) is 9.25. The molecule has 4 heteroatoms. The molecule has 0 unspecified atom stereocenters. The molecule has 1 aliphatic carbocycles. The molecule has 0 saturated heterocycles. The quantitative estimate of drug-likeness (QED) is 0.754. The smallest absolute Gasteiger partial charge is 0.232 e. The van der Waals surface area contributed by atoms with Crippen LogP contribution >= 0.6 is 0 Å². The Bertz CT molecular complexity index is 929. The molecule has 27 heavy (non-hydrogen) atoms. The molecule has 3 nitrogen and oxygen atoms in total. The predicted molar refractivity (Wildman–Crippen MR) is 103 cm³/mol. The van der Waals surface area contributed by atoms with E-state index in [2.05, 4.69) is 0 Å². The van der Waals surface area contributed by atoms with Gasteiger partial charge in [0.15, 0.2) is 5.78 Å². The van der Waals surface area contributed by atoms with Gasteiger partial charge in [0.2, 0.25) is 5.91 Å². The van der Waals surface area contributed by atoms with Gasteiger partial charge in [0.25, 0.3) is 0 Å². The van der Waals surface area contributed by atoms with Crippen LogP contribution < -0.4 is 4.90 Å². The first-order chi connectivity index (χ1) is 12.9. The number of benzene rings is 2. The molecule has 1 amide bonds. The Morgan fingerprint density at radius 3 is 2.30 bits per heavy atom. The minimum atomic E-state index is -0.348. The van der Waals surface area contributed by atoms with Crippen molar-refractivity contribution in [3.63, 3.8) is 0 Å². The summed E-state index contributed by atoms with van der Waals surface area (Å²) in [6, 6.07) is 15.7. The summed E-state index contributed by atoms with van der Waals surface area (Å²) in [6.45, 7) is 4.10. The van der Waals surface area contributed by atoms with Crippen LogP contribution in [0.1, 0.15) is 44.6 Å². The maximum Gasteiger partial charge on any atom is 0.232 e. The fraction of sp³-hybridized carbons (Fsp3) is 0.304. The summed E-state index contributed by atoms with van der Waals surface area (Å²) < 4.78 is 13.4. The molecular formula is C23H22FNO2. The van der Waals surface area contributed by atoms with Crippen molar-refractivity contribution in [2.75, 3.05) is 4.90 Å². The third-order valence-corrected chi connectivity index (χ3v) is 5.43. The fourth-order valence-electron chi connectivity index (χ4n) is 4.28. The molecule has 1 heterocycles. The number of carbonyl (C=O) groups excluding carboxylic acids is 2. The molecule has 1 atom stereocenters. The second kappa shape index (κ2) is 6.45. The molecule has 0 fully saturated rings. The van der Waals surface area contributed by atoms with E-state index in [1.165, 1.54) is 12.1 Å². The summed E-state index contributed by atoms with van der Waals surface area (Å²) in [5.74, 6) is -0.511. The first-order valence-electron chi connectivity index (χ1n) is 9.25. The van der Waals surface area contributed by atoms with Gasteiger partial charge in [0.1, 0.15) is 5.82 Å². The molecule has 0 radical (unpaired) electrons. The monoisotopic (exact) mass is 363 g/mol. The van der Waals surface area contributed by atoms with E-state index in [9.17, 15) is 14.0 Å². The van der Waals surface area contributed by atoms with E-state index < -0.39 is 0 Å². The van der Waals surface area contributed by atoms with Crippen molar-refractivity contribution < 1.29 is 14.0 Å². The summed E-state index contributed by atoms with van der Waals surface area (Å²) in [6.07, 6.45) is 1.35. The van der Waals surface area contributed by atoms with Crippen LogP contribution in [0.5, 0.6) is 0 Å². The Kier molecular flexibility index (Phi) is 4.22. The van der Waals surface area contributed by atoms with E-state index in [0.717, 1.165) is 16.8 Å². The molecule has 2 aliphatic rings. The fourth-order valence-corrected chi connectivity index (χ4v) is 4.28. The molecule has 1 aliphatic heterocycles. The van der Waals surface area contributed by atoms with Crippen molar-refractivity contribution >= 4 is 17.4 Å². The van der Waals surface area contributed by atoms with Crippen molar-refractivity contribution in [1.82, 2.24) is 0 Å². The minimum Gasteiger partial charge on any atom is -0.294 e. The zero-order valence-electron chi connectivity index (χ0n) is 15.5. The molecule has 4 rings (SSSR count). The van der Waals surface area contributed by atoms with Gasteiger partial charge in [-0.25, -0.2) is 4.39 Å². The van der Waals surface area contributed by atoms with Crippen LogP contribution in [0, 0.1) is 11.2 Å². The van der Waals surface area contributed by atoms with Gasteiger partial charge in [-0.2, -0.15) is 0 Å². The normalized spacial score (nSPS) is 22.0. The largest absolute Gasteiger partial charge is 0.294 e. The van der Waals surface area contributed by atoms with Crippen molar-refractivity contribution in [3.8, 4) is 0 Å². The number of carbonyl (C=O) groups is 2. The number of amides is 1. The lowest BCUT2D eigenvalue weighted by Crippen LogP contribution is -2.43. The van der Waals surface area contributed by atoms with Gasteiger partial charge >= 0.3 is 0 Å². The van der Waals surface area contributed by atoms with E-state index in [0.29, 0.717) is 18.5 Å². The highest BCUT2D eigenvalue weighted by Crippen LogP contribution is 2.48. The predicted octanol–water partition coefficient (Wildman–Crippen LogP) is 4.99. The topological polar surface area (TPSA) is 37.4 Å². The lowest BCUT2D eigenvalue weighted by atomic mass is 9.69. The second-order valence-corrected chi connectivity index (χ2v) is 8.17. The van der Waals surface area contributed by atoms with Gasteiger partial charge < -0.3 is 0 Å². The number of nitrogens with zero attached hydrogens (tertiary/aromatic N) is 1. The summed E-state index contributed by atoms with van der Waals surface area (Å²) in [7, 11) is 0. The maximum absolute atomic E-state index is 13.4. The summed E-state index contributed by atoms with van der Waals surface area (Å²) in [5, 5.41) is 0. The van der Waals surface area contributed by atoms with Gasteiger partial charge in [-0.15, -0.1) is 0 Å². The number of halogens is 1. The average molecular weight is 363 g/mol. The van der Waals surface area contributed by atoms with Crippen LogP contribution in [0.2, 0.25) is 0 Å². The van der Waals surface area contributed by atoms with Crippen LogP contribution in [0.4, 0.5) is 10.1 Å². The molecular weight excluding hydrogens is 341 g/mol. The van der Waals surface area contributed by atoms with Gasteiger partial charge in [0.05, 0.1) is 0 Å². The van der Waals surface area contributed by atoms with Crippen molar-refractivity contribution in [2.24, 2.45) is 5.41 Å². The molecule has 0 N–H and O–H groups in total. The Labute approximate surface area is 158 Å². The van der Waals surface area contributed by atoms with Crippen LogP contribution in [0.3, 0.4) is 0 Å². The van der Waals surface area contributed by atoms with Gasteiger partial charge in [-0.3, -0.25) is 14.5 Å². The number of hydrogen-bond donors (Lipinski definition) is 0. The minimum absolute atomic E-state index is 0.0558. The molecule has 0 spiro atoms. The van der Waals surface area contributed by atoms with Crippen molar-refractivity contribution in [3.05, 3.63) is 77.2 Å². The van der Waals surface area contributed by atoms with Crippen molar-refractivity contribution in [1.29, 1.82) is 0 Å². The Morgan fingerprint density at radius 2 is 1.63 bits per heavy atom. The number of allylic oxidation sites excluding steroid dienone is 2. The number of anilines is 1. The molecule has 2 aromatic carbocycles. The van der Waals surface area contributed by atoms with Gasteiger partial charge in [0, 0.05) is 35.7 Å². The number of hydrogen-bond acceptors (Lipinski definition) is 2. The average Bonchev–Trinajstić information content (AvgIpc) is 2.62. The van der Waals surface area contributed by atoms with Gasteiger partial charge in [-0.1, -0.05) is 44.2 Å². The SMILES string of the molecule is CC1(C)CC(=O)C2=C(C1)N(c1ccc(F)cc1)C(=O)C[C@@H]2c1ccccc1. The number of Topliss-reactive ketones (excluding diaryl/α,β-unsaturated/α-hetero) is 1. The Morgan fingerprint density at radius 1 is 0.963 bits per heavy atom.